The standard InChI is InChI=1S/C14H24N2O5/c1-2-12-9(5-15-7-13(18)19)3-11(17)4-10(12)6-16-8-14(20)21/h3-4,13-21H,2,5-8H2,1H3. The van der Waals surface area contributed by atoms with Crippen molar-refractivity contribution in [2.24, 2.45) is 0 Å². The molecule has 0 radical (unpaired) electrons. The third-order valence-electron chi connectivity index (χ3n) is 3.06. The maximum Gasteiger partial charge on any atom is 0.164 e. The van der Waals surface area contributed by atoms with Gasteiger partial charge in [-0.1, -0.05) is 6.92 Å². The van der Waals surface area contributed by atoms with Crippen LogP contribution in [-0.4, -0.2) is 51.2 Å². The van der Waals surface area contributed by atoms with E-state index in [0.29, 0.717) is 13.1 Å². The van der Waals surface area contributed by atoms with E-state index in [2.05, 4.69) is 10.6 Å². The summed E-state index contributed by atoms with van der Waals surface area (Å²) in [6, 6.07) is 3.28. The Hall–Kier alpha value is -1.22. The van der Waals surface area contributed by atoms with Gasteiger partial charge in [0, 0.05) is 26.2 Å². The second kappa shape index (κ2) is 8.93. The zero-order valence-corrected chi connectivity index (χ0v) is 12.1. The topological polar surface area (TPSA) is 125 Å². The highest BCUT2D eigenvalue weighted by molar-refractivity contribution is 5.42. The lowest BCUT2D eigenvalue weighted by Gasteiger charge is -2.16. The fraction of sp³-hybridized carbons (Fsp3) is 0.571. The van der Waals surface area contributed by atoms with Crippen LogP contribution >= 0.6 is 0 Å². The Labute approximate surface area is 123 Å². The predicted molar refractivity (Wildman–Crippen MR) is 77.3 cm³/mol. The Morgan fingerprint density at radius 3 is 1.67 bits per heavy atom. The average molecular weight is 300 g/mol. The molecule has 0 fully saturated rings. The van der Waals surface area contributed by atoms with Crippen molar-refractivity contribution in [3.63, 3.8) is 0 Å². The lowest BCUT2D eigenvalue weighted by atomic mass is 9.98. The summed E-state index contributed by atoms with van der Waals surface area (Å²) >= 11 is 0. The van der Waals surface area contributed by atoms with Crippen molar-refractivity contribution >= 4 is 0 Å². The van der Waals surface area contributed by atoms with Gasteiger partial charge in [-0.05, 0) is 35.2 Å². The largest absolute Gasteiger partial charge is 0.508 e. The number of benzene rings is 1. The van der Waals surface area contributed by atoms with Crippen LogP contribution in [0.5, 0.6) is 5.75 Å². The summed E-state index contributed by atoms with van der Waals surface area (Å²) in [6.45, 7) is 2.89. The summed E-state index contributed by atoms with van der Waals surface area (Å²) in [6.07, 6.45) is -2.09. The van der Waals surface area contributed by atoms with Crippen LogP contribution in [0.15, 0.2) is 12.1 Å². The van der Waals surface area contributed by atoms with Crippen LogP contribution in [0.3, 0.4) is 0 Å². The van der Waals surface area contributed by atoms with E-state index in [4.69, 9.17) is 20.4 Å². The highest BCUT2D eigenvalue weighted by atomic mass is 16.5. The first-order valence-electron chi connectivity index (χ1n) is 6.91. The minimum Gasteiger partial charge on any atom is -0.508 e. The van der Waals surface area contributed by atoms with Gasteiger partial charge in [0.05, 0.1) is 0 Å². The number of phenols is 1. The van der Waals surface area contributed by atoms with Gasteiger partial charge in [0.2, 0.25) is 0 Å². The van der Waals surface area contributed by atoms with Crippen molar-refractivity contribution in [3.05, 3.63) is 28.8 Å². The quantitative estimate of drug-likeness (QED) is 0.284. The molecule has 0 aliphatic heterocycles. The molecular weight excluding hydrogens is 276 g/mol. The highest BCUT2D eigenvalue weighted by Gasteiger charge is 2.10. The van der Waals surface area contributed by atoms with Crippen molar-refractivity contribution in [3.8, 4) is 5.75 Å². The van der Waals surface area contributed by atoms with Gasteiger partial charge in [-0.2, -0.15) is 0 Å². The van der Waals surface area contributed by atoms with E-state index in [0.717, 1.165) is 23.1 Å². The molecule has 0 bridgehead atoms. The maximum atomic E-state index is 9.78. The second-order valence-electron chi connectivity index (χ2n) is 4.82. The van der Waals surface area contributed by atoms with Crippen LogP contribution in [-0.2, 0) is 19.5 Å². The molecule has 0 heterocycles. The van der Waals surface area contributed by atoms with E-state index in [1.807, 2.05) is 6.92 Å². The van der Waals surface area contributed by atoms with Crippen molar-refractivity contribution in [1.82, 2.24) is 10.6 Å². The Morgan fingerprint density at radius 2 is 1.33 bits per heavy atom. The van der Waals surface area contributed by atoms with Crippen LogP contribution in [0.1, 0.15) is 23.6 Å². The number of phenolic OH excluding ortho intramolecular Hbond substituents is 1. The first-order chi connectivity index (χ1) is 9.93. The number of aliphatic hydroxyl groups is 4. The molecule has 7 N–H and O–H groups in total. The fourth-order valence-corrected chi connectivity index (χ4v) is 2.22. The minimum absolute atomic E-state index is 0.0447. The van der Waals surface area contributed by atoms with Crippen LogP contribution in [0.4, 0.5) is 0 Å². The zero-order valence-electron chi connectivity index (χ0n) is 12.1. The van der Waals surface area contributed by atoms with Gasteiger partial charge < -0.3 is 36.2 Å². The van der Waals surface area contributed by atoms with Gasteiger partial charge in [0.1, 0.15) is 5.75 Å². The van der Waals surface area contributed by atoms with E-state index >= 15 is 0 Å². The number of hydrogen-bond acceptors (Lipinski definition) is 7. The zero-order chi connectivity index (χ0) is 15.8. The van der Waals surface area contributed by atoms with E-state index in [1.54, 1.807) is 12.1 Å². The summed E-state index contributed by atoms with van der Waals surface area (Å²) in [5, 5.41) is 50.8. The molecule has 7 heteroatoms. The molecular formula is C14H24N2O5. The molecule has 1 aromatic rings. The number of hydrogen-bond donors (Lipinski definition) is 7. The Morgan fingerprint density at radius 1 is 0.905 bits per heavy atom. The smallest absolute Gasteiger partial charge is 0.164 e. The minimum atomic E-state index is -1.42. The van der Waals surface area contributed by atoms with Gasteiger partial charge in [-0.15, -0.1) is 0 Å². The number of rotatable bonds is 9. The SMILES string of the molecule is CCc1c(CNCC(O)O)cc(O)cc1CNCC(O)O. The normalized spacial score (nSPS) is 11.6. The molecule has 0 aromatic heterocycles. The third-order valence-corrected chi connectivity index (χ3v) is 3.06. The van der Waals surface area contributed by atoms with E-state index in [-0.39, 0.29) is 18.8 Å². The summed E-state index contributed by atoms with van der Waals surface area (Å²) in [5.41, 5.74) is 2.78. The highest BCUT2D eigenvalue weighted by Crippen LogP contribution is 2.22. The van der Waals surface area contributed by atoms with E-state index < -0.39 is 12.6 Å². The first-order valence-corrected chi connectivity index (χ1v) is 6.91. The van der Waals surface area contributed by atoms with Crippen LogP contribution in [0.25, 0.3) is 0 Å². The summed E-state index contributed by atoms with van der Waals surface area (Å²) in [4.78, 5) is 0. The Bertz CT molecular complexity index is 402. The Kier molecular flexibility index (Phi) is 7.58. The van der Waals surface area contributed by atoms with Gasteiger partial charge in [0.25, 0.3) is 0 Å². The monoisotopic (exact) mass is 300 g/mol. The van der Waals surface area contributed by atoms with E-state index in [1.165, 1.54) is 0 Å². The van der Waals surface area contributed by atoms with Crippen LogP contribution in [0, 0.1) is 0 Å². The molecule has 0 aliphatic rings. The van der Waals surface area contributed by atoms with Crippen LogP contribution < -0.4 is 10.6 Å². The summed E-state index contributed by atoms with van der Waals surface area (Å²) in [7, 11) is 0. The summed E-state index contributed by atoms with van der Waals surface area (Å²) < 4.78 is 0. The molecule has 1 rings (SSSR count). The molecule has 0 atom stereocenters. The van der Waals surface area contributed by atoms with Crippen molar-refractivity contribution in [2.45, 2.75) is 39.0 Å². The third kappa shape index (κ3) is 6.38. The predicted octanol–water partition coefficient (Wildman–Crippen LogP) is -1.24. The molecule has 0 unspecified atom stereocenters. The molecule has 0 saturated carbocycles. The summed E-state index contributed by atoms with van der Waals surface area (Å²) in [5.74, 6) is 0.120. The molecule has 1 aromatic carbocycles. The fourth-order valence-electron chi connectivity index (χ4n) is 2.22. The number of aromatic hydroxyl groups is 1. The van der Waals surface area contributed by atoms with Gasteiger partial charge in [0.15, 0.2) is 12.6 Å². The Balaban J connectivity index is 2.79. The number of aliphatic hydroxyl groups excluding tert-OH is 2. The molecule has 21 heavy (non-hydrogen) atoms. The average Bonchev–Trinajstić information content (AvgIpc) is 2.37. The van der Waals surface area contributed by atoms with Crippen molar-refractivity contribution in [2.75, 3.05) is 13.1 Å². The lowest BCUT2D eigenvalue weighted by Crippen LogP contribution is -2.27. The molecule has 120 valence electrons. The van der Waals surface area contributed by atoms with Crippen LogP contribution in [0.2, 0.25) is 0 Å². The van der Waals surface area contributed by atoms with Crippen molar-refractivity contribution in [1.29, 1.82) is 0 Å². The van der Waals surface area contributed by atoms with Gasteiger partial charge in [-0.3, -0.25) is 0 Å². The lowest BCUT2D eigenvalue weighted by molar-refractivity contribution is -0.0379. The number of nitrogens with one attached hydrogen (secondary N) is 2. The molecule has 0 amide bonds. The molecule has 0 saturated heterocycles. The van der Waals surface area contributed by atoms with Crippen molar-refractivity contribution < 1.29 is 25.5 Å². The molecule has 7 nitrogen and oxygen atoms in total. The molecule has 0 spiro atoms. The van der Waals surface area contributed by atoms with Gasteiger partial charge >= 0.3 is 0 Å². The molecule has 0 aliphatic carbocycles. The van der Waals surface area contributed by atoms with Gasteiger partial charge in [-0.25, -0.2) is 0 Å². The maximum absolute atomic E-state index is 9.78. The first kappa shape index (κ1) is 17.8. The second-order valence-corrected chi connectivity index (χ2v) is 4.82. The van der Waals surface area contributed by atoms with E-state index in [9.17, 15) is 5.11 Å².